The Bertz CT molecular complexity index is 669. The molecular formula is C20H23ClO. The first-order valence-electron chi connectivity index (χ1n) is 8.36. The minimum Gasteiger partial charge on any atom is -0.298 e. The van der Waals surface area contributed by atoms with Crippen LogP contribution >= 0.6 is 11.6 Å². The Balaban J connectivity index is 1.74. The van der Waals surface area contributed by atoms with Gasteiger partial charge in [-0.05, 0) is 47.3 Å². The van der Waals surface area contributed by atoms with Crippen LogP contribution in [-0.4, -0.2) is 5.78 Å². The molecule has 3 aliphatic rings. The number of hydrogen-bond donors (Lipinski definition) is 0. The minimum absolute atomic E-state index is 0.0647. The van der Waals surface area contributed by atoms with E-state index in [0.717, 1.165) is 10.6 Å². The molecule has 22 heavy (non-hydrogen) atoms. The number of benzene rings is 1. The number of ketones is 1. The average molecular weight is 315 g/mol. The van der Waals surface area contributed by atoms with Gasteiger partial charge in [-0.15, -0.1) is 0 Å². The average Bonchev–Trinajstić information content (AvgIpc) is 2.72. The van der Waals surface area contributed by atoms with Crippen molar-refractivity contribution in [3.05, 3.63) is 46.5 Å². The van der Waals surface area contributed by atoms with Gasteiger partial charge in [0.05, 0.1) is 0 Å². The highest BCUT2D eigenvalue weighted by Gasteiger charge is 2.64. The maximum atomic E-state index is 12.7. The second-order valence-electron chi connectivity index (χ2n) is 8.22. The predicted molar refractivity (Wildman–Crippen MR) is 90.0 cm³/mol. The molecule has 0 N–H and O–H groups in total. The van der Waals surface area contributed by atoms with Crippen molar-refractivity contribution in [2.24, 2.45) is 22.7 Å². The standard InChI is InChI=1S/C20H23ClO/c1-19(2)9-4-10-20(3)15(19)11-14-17(20)16(18(14)22)12-5-7-13(21)8-6-12/h5-8,11,14,16-17H,4,9-10H2,1-3H3/t14-,16-,17+,20+/m1/s1. The van der Waals surface area contributed by atoms with Crippen LogP contribution in [-0.2, 0) is 4.79 Å². The van der Waals surface area contributed by atoms with Crippen LogP contribution in [0.15, 0.2) is 35.9 Å². The SMILES string of the molecule is CC1(C)CCC[C@@]2(C)C1=C[C@H]1C(=O)[C@H](c3ccc(Cl)cc3)[C@H]12. The van der Waals surface area contributed by atoms with Crippen molar-refractivity contribution in [1.82, 2.24) is 0 Å². The zero-order chi connectivity index (χ0) is 15.7. The van der Waals surface area contributed by atoms with Crippen molar-refractivity contribution in [1.29, 1.82) is 0 Å². The van der Waals surface area contributed by atoms with E-state index in [2.05, 4.69) is 26.8 Å². The first-order valence-corrected chi connectivity index (χ1v) is 8.74. The van der Waals surface area contributed by atoms with E-state index >= 15 is 0 Å². The van der Waals surface area contributed by atoms with E-state index in [1.165, 1.54) is 19.3 Å². The van der Waals surface area contributed by atoms with Gasteiger partial charge in [-0.2, -0.15) is 0 Å². The Morgan fingerprint density at radius 2 is 1.77 bits per heavy atom. The molecule has 0 spiro atoms. The molecule has 0 amide bonds. The zero-order valence-corrected chi connectivity index (χ0v) is 14.3. The van der Waals surface area contributed by atoms with Gasteiger partial charge in [0, 0.05) is 16.9 Å². The number of allylic oxidation sites excluding steroid dienone is 2. The fraction of sp³-hybridized carbons (Fsp3) is 0.550. The van der Waals surface area contributed by atoms with Crippen molar-refractivity contribution in [2.45, 2.75) is 46.0 Å². The number of halogens is 1. The highest BCUT2D eigenvalue weighted by molar-refractivity contribution is 6.30. The predicted octanol–water partition coefficient (Wildman–Crippen LogP) is 5.40. The maximum Gasteiger partial charge on any atom is 0.147 e. The van der Waals surface area contributed by atoms with E-state index in [-0.39, 0.29) is 22.7 Å². The smallest absolute Gasteiger partial charge is 0.147 e. The van der Waals surface area contributed by atoms with Crippen LogP contribution in [0.5, 0.6) is 0 Å². The molecule has 0 aliphatic heterocycles. The van der Waals surface area contributed by atoms with Crippen LogP contribution in [0.25, 0.3) is 0 Å². The lowest BCUT2D eigenvalue weighted by molar-refractivity contribution is -0.138. The number of carbonyl (C=O) groups excluding carboxylic acids is 1. The highest BCUT2D eigenvalue weighted by Crippen LogP contribution is 2.68. The van der Waals surface area contributed by atoms with Crippen LogP contribution in [0.1, 0.15) is 51.5 Å². The number of carbonyl (C=O) groups is 1. The van der Waals surface area contributed by atoms with Crippen LogP contribution in [0.4, 0.5) is 0 Å². The van der Waals surface area contributed by atoms with Gasteiger partial charge in [0.25, 0.3) is 0 Å². The van der Waals surface area contributed by atoms with E-state index in [9.17, 15) is 4.79 Å². The molecule has 4 atom stereocenters. The monoisotopic (exact) mass is 314 g/mol. The van der Waals surface area contributed by atoms with Gasteiger partial charge in [-0.1, -0.05) is 62.6 Å². The number of hydrogen-bond acceptors (Lipinski definition) is 1. The number of rotatable bonds is 1. The van der Waals surface area contributed by atoms with Crippen LogP contribution < -0.4 is 0 Å². The van der Waals surface area contributed by atoms with Crippen LogP contribution in [0.2, 0.25) is 5.02 Å². The second-order valence-corrected chi connectivity index (χ2v) is 8.65. The highest BCUT2D eigenvalue weighted by atomic mass is 35.5. The van der Waals surface area contributed by atoms with Crippen molar-refractivity contribution in [3.63, 3.8) is 0 Å². The van der Waals surface area contributed by atoms with Gasteiger partial charge in [0.1, 0.15) is 5.78 Å². The van der Waals surface area contributed by atoms with Gasteiger partial charge in [0.2, 0.25) is 0 Å². The zero-order valence-electron chi connectivity index (χ0n) is 13.5. The molecule has 0 heterocycles. The van der Waals surface area contributed by atoms with Gasteiger partial charge >= 0.3 is 0 Å². The molecule has 2 saturated carbocycles. The van der Waals surface area contributed by atoms with Gasteiger partial charge in [-0.25, -0.2) is 0 Å². The van der Waals surface area contributed by atoms with Gasteiger partial charge in [-0.3, -0.25) is 4.79 Å². The first kappa shape index (κ1) is 14.5. The normalized spacial score (nSPS) is 38.8. The molecule has 0 unspecified atom stereocenters. The molecule has 1 aromatic rings. The van der Waals surface area contributed by atoms with Crippen molar-refractivity contribution in [2.75, 3.05) is 0 Å². The summed E-state index contributed by atoms with van der Waals surface area (Å²) in [6, 6.07) is 7.90. The Morgan fingerprint density at radius 3 is 2.45 bits per heavy atom. The third-order valence-corrected chi connectivity index (χ3v) is 6.79. The van der Waals surface area contributed by atoms with Gasteiger partial charge < -0.3 is 0 Å². The minimum atomic E-state index is 0.0647. The molecule has 4 rings (SSSR count). The third kappa shape index (κ3) is 1.75. The third-order valence-electron chi connectivity index (χ3n) is 6.53. The molecule has 1 nitrogen and oxygen atoms in total. The van der Waals surface area contributed by atoms with E-state index in [4.69, 9.17) is 11.6 Å². The molecule has 2 fully saturated rings. The fourth-order valence-electron chi connectivity index (χ4n) is 5.52. The quantitative estimate of drug-likeness (QED) is 0.635. The molecule has 116 valence electrons. The summed E-state index contributed by atoms with van der Waals surface area (Å²) < 4.78 is 0. The van der Waals surface area contributed by atoms with E-state index in [0.29, 0.717) is 11.7 Å². The summed E-state index contributed by atoms with van der Waals surface area (Å²) >= 11 is 6.01. The molecule has 0 bridgehead atoms. The van der Waals surface area contributed by atoms with Crippen molar-refractivity contribution in [3.8, 4) is 0 Å². The molecule has 1 aromatic carbocycles. The Morgan fingerprint density at radius 1 is 1.09 bits per heavy atom. The van der Waals surface area contributed by atoms with Crippen molar-refractivity contribution >= 4 is 17.4 Å². The van der Waals surface area contributed by atoms with Gasteiger partial charge in [0.15, 0.2) is 0 Å². The lowest BCUT2D eigenvalue weighted by Gasteiger charge is -2.52. The topological polar surface area (TPSA) is 17.1 Å². The Labute approximate surface area is 137 Å². The summed E-state index contributed by atoms with van der Waals surface area (Å²) in [5.41, 5.74) is 3.14. The maximum absolute atomic E-state index is 12.7. The Kier molecular flexibility index (Phi) is 2.95. The second kappa shape index (κ2) is 4.47. The molecule has 0 aromatic heterocycles. The van der Waals surface area contributed by atoms with E-state index in [1.54, 1.807) is 5.57 Å². The molecule has 0 radical (unpaired) electrons. The number of Topliss-reactive ketones (excluding diaryl/α,β-unsaturated/α-hetero) is 1. The van der Waals surface area contributed by atoms with E-state index < -0.39 is 0 Å². The lowest BCUT2D eigenvalue weighted by Crippen LogP contribution is -2.50. The Hall–Kier alpha value is -1.08. The summed E-state index contributed by atoms with van der Waals surface area (Å²) in [5.74, 6) is 1.08. The summed E-state index contributed by atoms with van der Waals surface area (Å²) in [6.07, 6.45) is 6.07. The molecule has 0 saturated heterocycles. The largest absolute Gasteiger partial charge is 0.298 e. The summed E-state index contributed by atoms with van der Waals surface area (Å²) in [6.45, 7) is 7.10. The molecular weight excluding hydrogens is 292 g/mol. The molecule has 3 aliphatic carbocycles. The molecule has 2 heteroatoms. The van der Waals surface area contributed by atoms with Crippen LogP contribution in [0, 0.1) is 22.7 Å². The lowest BCUT2D eigenvalue weighted by atomic mass is 9.50. The van der Waals surface area contributed by atoms with E-state index in [1.807, 2.05) is 24.3 Å². The summed E-state index contributed by atoms with van der Waals surface area (Å²) in [5, 5.41) is 0.738. The first-order chi connectivity index (χ1) is 10.3. The summed E-state index contributed by atoms with van der Waals surface area (Å²) in [7, 11) is 0. The van der Waals surface area contributed by atoms with Crippen LogP contribution in [0.3, 0.4) is 0 Å². The van der Waals surface area contributed by atoms with Crippen molar-refractivity contribution < 1.29 is 4.79 Å². The fourth-order valence-corrected chi connectivity index (χ4v) is 5.65. The number of fused-ring (bicyclic) bond motifs is 3. The summed E-state index contributed by atoms with van der Waals surface area (Å²) in [4.78, 5) is 12.7.